The Kier molecular flexibility index (Phi) is 6.86. The van der Waals surface area contributed by atoms with Gasteiger partial charge in [-0.2, -0.15) is 0 Å². The van der Waals surface area contributed by atoms with Crippen LogP contribution in [0.15, 0.2) is 67.0 Å². The number of amides is 3. The van der Waals surface area contributed by atoms with Crippen LogP contribution in [0, 0.1) is 0 Å². The maximum Gasteiger partial charge on any atom is 0.315 e. The lowest BCUT2D eigenvalue weighted by Gasteiger charge is -2.19. The second-order valence-electron chi connectivity index (χ2n) is 6.47. The second-order valence-corrected chi connectivity index (χ2v) is 6.91. The molecule has 1 atom stereocenters. The summed E-state index contributed by atoms with van der Waals surface area (Å²) in [5, 5.41) is 8.81. The first kappa shape index (κ1) is 20.4. The Balaban J connectivity index is 1.58. The molecule has 3 aromatic rings. The fourth-order valence-electron chi connectivity index (χ4n) is 2.82. The Bertz CT molecular complexity index is 957. The Labute approximate surface area is 174 Å². The lowest BCUT2D eigenvalue weighted by atomic mass is 10.1. The van der Waals surface area contributed by atoms with Gasteiger partial charge in [0.25, 0.3) is 0 Å². The smallest absolute Gasteiger partial charge is 0.315 e. The van der Waals surface area contributed by atoms with Gasteiger partial charge in [-0.15, -0.1) is 0 Å². The molecule has 1 heterocycles. The summed E-state index contributed by atoms with van der Waals surface area (Å²) in [5.74, 6) is 0.344. The average Bonchev–Trinajstić information content (AvgIpc) is 3.16. The van der Waals surface area contributed by atoms with Gasteiger partial charge in [0.15, 0.2) is 0 Å². The predicted octanol–water partition coefficient (Wildman–Crippen LogP) is 2.78. The maximum absolute atomic E-state index is 12.5. The van der Waals surface area contributed by atoms with E-state index < -0.39 is 12.1 Å². The van der Waals surface area contributed by atoms with E-state index >= 15 is 0 Å². The molecule has 29 heavy (non-hydrogen) atoms. The first-order valence-electron chi connectivity index (χ1n) is 9.10. The molecule has 0 aliphatic heterocycles. The highest BCUT2D eigenvalue weighted by atomic mass is 35.5. The molecule has 2 aromatic carbocycles. The number of imidazole rings is 1. The summed E-state index contributed by atoms with van der Waals surface area (Å²) < 4.78 is 1.83. The van der Waals surface area contributed by atoms with Gasteiger partial charge in [0.1, 0.15) is 11.9 Å². The number of nitrogens with one attached hydrogen (secondary N) is 3. The first-order valence-corrected chi connectivity index (χ1v) is 9.48. The molecule has 0 aliphatic rings. The van der Waals surface area contributed by atoms with Gasteiger partial charge < -0.3 is 20.5 Å². The number of carbonyl (C=O) groups excluding carboxylic acids is 2. The number of aromatic nitrogens is 2. The Hall–Kier alpha value is -3.32. The highest BCUT2D eigenvalue weighted by Gasteiger charge is 2.21. The third kappa shape index (κ3) is 5.83. The third-order valence-corrected chi connectivity index (χ3v) is 4.58. The van der Waals surface area contributed by atoms with Gasteiger partial charge in [0.2, 0.25) is 5.91 Å². The van der Waals surface area contributed by atoms with E-state index in [1.54, 1.807) is 24.5 Å². The van der Waals surface area contributed by atoms with Crippen molar-refractivity contribution in [2.24, 2.45) is 7.05 Å². The van der Waals surface area contributed by atoms with Crippen molar-refractivity contribution in [3.8, 4) is 0 Å². The number of aryl methyl sites for hydroxylation is 1. The van der Waals surface area contributed by atoms with Crippen LogP contribution in [0.5, 0.6) is 0 Å². The van der Waals surface area contributed by atoms with E-state index in [4.69, 9.17) is 11.6 Å². The quantitative estimate of drug-likeness (QED) is 0.558. The first-order chi connectivity index (χ1) is 14.0. The van der Waals surface area contributed by atoms with Crippen molar-refractivity contribution in [2.75, 3.05) is 6.54 Å². The maximum atomic E-state index is 12.5. The van der Waals surface area contributed by atoms with Crippen LogP contribution < -0.4 is 16.0 Å². The van der Waals surface area contributed by atoms with Gasteiger partial charge in [-0.1, -0.05) is 54.1 Å². The van der Waals surface area contributed by atoms with Crippen LogP contribution in [0.2, 0.25) is 5.02 Å². The molecule has 0 unspecified atom stereocenters. The standard InChI is InChI=1S/C21H22ClN5O2/c1-27-12-11-23-20(27)19(16-7-9-17(22)10-8-16)26-18(28)14-25-21(29)24-13-15-5-3-2-4-6-15/h2-12,19H,13-14H2,1H3,(H,26,28)(H2,24,25,29)/t19-/m0/s1. The summed E-state index contributed by atoms with van der Waals surface area (Å²) in [7, 11) is 1.85. The monoisotopic (exact) mass is 411 g/mol. The summed E-state index contributed by atoms with van der Waals surface area (Å²) in [6.07, 6.45) is 3.47. The fraction of sp³-hybridized carbons (Fsp3) is 0.190. The highest BCUT2D eigenvalue weighted by molar-refractivity contribution is 6.30. The van der Waals surface area contributed by atoms with E-state index in [-0.39, 0.29) is 12.5 Å². The molecule has 8 heteroatoms. The number of benzene rings is 2. The minimum absolute atomic E-state index is 0.158. The van der Waals surface area contributed by atoms with E-state index in [0.717, 1.165) is 11.1 Å². The molecule has 0 fully saturated rings. The van der Waals surface area contributed by atoms with Crippen molar-refractivity contribution in [3.05, 3.63) is 89.0 Å². The summed E-state index contributed by atoms with van der Waals surface area (Å²) in [6, 6.07) is 15.8. The molecule has 3 amide bonds. The van der Waals surface area contributed by atoms with Gasteiger partial charge in [-0.25, -0.2) is 9.78 Å². The molecule has 0 aliphatic carbocycles. The Morgan fingerprint density at radius 2 is 1.79 bits per heavy atom. The van der Waals surface area contributed by atoms with E-state index in [1.165, 1.54) is 0 Å². The van der Waals surface area contributed by atoms with Crippen molar-refractivity contribution in [3.63, 3.8) is 0 Å². The van der Waals surface area contributed by atoms with Crippen LogP contribution in [0.3, 0.4) is 0 Å². The van der Waals surface area contributed by atoms with E-state index in [0.29, 0.717) is 17.4 Å². The van der Waals surface area contributed by atoms with Gasteiger partial charge >= 0.3 is 6.03 Å². The van der Waals surface area contributed by atoms with Crippen LogP contribution >= 0.6 is 11.6 Å². The largest absolute Gasteiger partial charge is 0.341 e. The number of nitrogens with zero attached hydrogens (tertiary/aromatic N) is 2. The van der Waals surface area contributed by atoms with E-state index in [2.05, 4.69) is 20.9 Å². The number of urea groups is 1. The third-order valence-electron chi connectivity index (χ3n) is 4.33. The molecule has 7 nitrogen and oxygen atoms in total. The van der Waals surface area contributed by atoms with Gasteiger partial charge in [0.05, 0.1) is 6.54 Å². The number of hydrogen-bond acceptors (Lipinski definition) is 3. The highest BCUT2D eigenvalue weighted by Crippen LogP contribution is 2.22. The number of carbonyl (C=O) groups is 2. The predicted molar refractivity (Wildman–Crippen MR) is 111 cm³/mol. The molecule has 3 rings (SSSR count). The van der Waals surface area contributed by atoms with E-state index in [1.807, 2.05) is 54.1 Å². The zero-order chi connectivity index (χ0) is 20.6. The normalized spacial score (nSPS) is 11.5. The van der Waals surface area contributed by atoms with E-state index in [9.17, 15) is 9.59 Å². The van der Waals surface area contributed by atoms with Crippen molar-refractivity contribution in [1.82, 2.24) is 25.5 Å². The second kappa shape index (κ2) is 9.75. The zero-order valence-corrected chi connectivity index (χ0v) is 16.7. The SMILES string of the molecule is Cn1ccnc1[C@@H](NC(=O)CNC(=O)NCc1ccccc1)c1ccc(Cl)cc1. The average molecular weight is 412 g/mol. The molecule has 0 spiro atoms. The van der Waals surface area contributed by atoms with Crippen LogP contribution in [0.4, 0.5) is 4.79 Å². The minimum atomic E-state index is -0.464. The van der Waals surface area contributed by atoms with Crippen molar-refractivity contribution < 1.29 is 9.59 Å². The molecule has 0 saturated carbocycles. The van der Waals surface area contributed by atoms with Crippen molar-refractivity contribution >= 4 is 23.5 Å². The van der Waals surface area contributed by atoms with Gasteiger partial charge in [-0.05, 0) is 23.3 Å². The number of rotatable bonds is 7. The summed E-state index contributed by atoms with van der Waals surface area (Å²) in [5.41, 5.74) is 1.82. The lowest BCUT2D eigenvalue weighted by molar-refractivity contribution is -0.120. The molecule has 3 N–H and O–H groups in total. The molecule has 0 bridgehead atoms. The van der Waals surface area contributed by atoms with Crippen LogP contribution in [0.25, 0.3) is 0 Å². The lowest BCUT2D eigenvalue weighted by Crippen LogP contribution is -2.43. The molecule has 0 radical (unpaired) electrons. The van der Waals surface area contributed by atoms with Gasteiger partial charge in [0, 0.05) is 31.0 Å². The van der Waals surface area contributed by atoms with Crippen LogP contribution in [-0.4, -0.2) is 28.0 Å². The minimum Gasteiger partial charge on any atom is -0.341 e. The van der Waals surface area contributed by atoms with Crippen LogP contribution in [-0.2, 0) is 18.4 Å². The molecule has 0 saturated heterocycles. The topological polar surface area (TPSA) is 88.1 Å². The summed E-state index contributed by atoms with van der Waals surface area (Å²) >= 11 is 5.97. The van der Waals surface area contributed by atoms with Gasteiger partial charge in [-0.3, -0.25) is 4.79 Å². The van der Waals surface area contributed by atoms with Crippen molar-refractivity contribution in [2.45, 2.75) is 12.6 Å². The zero-order valence-electron chi connectivity index (χ0n) is 15.9. The summed E-state index contributed by atoms with van der Waals surface area (Å²) in [6.45, 7) is 0.226. The Morgan fingerprint density at radius 3 is 2.45 bits per heavy atom. The van der Waals surface area contributed by atoms with Crippen molar-refractivity contribution in [1.29, 1.82) is 0 Å². The molecule has 1 aromatic heterocycles. The Morgan fingerprint density at radius 1 is 1.07 bits per heavy atom. The fourth-order valence-corrected chi connectivity index (χ4v) is 2.95. The molecular formula is C21H22ClN5O2. The molecule has 150 valence electrons. The number of hydrogen-bond donors (Lipinski definition) is 3. The number of halogens is 1. The summed E-state index contributed by atoms with van der Waals surface area (Å²) in [4.78, 5) is 28.8. The van der Waals surface area contributed by atoms with Crippen LogP contribution in [0.1, 0.15) is 23.0 Å². The molecular weight excluding hydrogens is 390 g/mol.